The van der Waals surface area contributed by atoms with E-state index in [1.165, 1.54) is 0 Å². The lowest BCUT2D eigenvalue weighted by Gasteiger charge is -2.28. The number of nitrogens with zero attached hydrogens (tertiary/aromatic N) is 2. The second-order valence-electron chi connectivity index (χ2n) is 6.00. The van der Waals surface area contributed by atoms with Gasteiger partial charge in [-0.3, -0.25) is 4.98 Å². The van der Waals surface area contributed by atoms with Gasteiger partial charge in [-0.15, -0.1) is 0 Å². The van der Waals surface area contributed by atoms with Gasteiger partial charge in [-0.2, -0.15) is 0 Å². The van der Waals surface area contributed by atoms with Gasteiger partial charge in [0.15, 0.2) is 5.11 Å². The van der Waals surface area contributed by atoms with E-state index in [0.29, 0.717) is 11.7 Å². The first kappa shape index (κ1) is 17.6. The Morgan fingerprint density at radius 1 is 1.36 bits per heavy atom. The molecule has 0 spiro atoms. The van der Waals surface area contributed by atoms with Crippen molar-refractivity contribution in [3.05, 3.63) is 54.4 Å². The maximum absolute atomic E-state index is 5.79. The normalized spacial score (nSPS) is 16.4. The van der Waals surface area contributed by atoms with Crippen molar-refractivity contribution in [2.45, 2.75) is 25.5 Å². The number of hydrogen-bond donors (Lipinski definition) is 1. The molecular weight excluding hydrogens is 334 g/mol. The Morgan fingerprint density at radius 3 is 3.00 bits per heavy atom. The zero-order valence-corrected chi connectivity index (χ0v) is 15.2. The standard InChI is InChI=1S/C19H23N3O2S/c1-23-17-8-4-7-15(12-17)21-19(25)22(14-18-9-5-11-24-18)13-16-6-2-3-10-20-16/h2-4,6-8,10,12,18H,5,9,11,13-14H2,1H3,(H,21,25). The van der Waals surface area contributed by atoms with Crippen molar-refractivity contribution in [1.29, 1.82) is 0 Å². The third-order valence-electron chi connectivity index (χ3n) is 4.14. The van der Waals surface area contributed by atoms with Gasteiger partial charge in [-0.25, -0.2) is 0 Å². The van der Waals surface area contributed by atoms with Gasteiger partial charge < -0.3 is 19.7 Å². The monoisotopic (exact) mass is 357 g/mol. The minimum Gasteiger partial charge on any atom is -0.497 e. The second-order valence-corrected chi connectivity index (χ2v) is 6.39. The number of anilines is 1. The molecule has 1 fully saturated rings. The third kappa shape index (κ3) is 5.14. The minimum absolute atomic E-state index is 0.216. The van der Waals surface area contributed by atoms with Crippen molar-refractivity contribution in [3.8, 4) is 5.75 Å². The maximum Gasteiger partial charge on any atom is 0.173 e. The van der Waals surface area contributed by atoms with Gasteiger partial charge in [-0.05, 0) is 49.3 Å². The van der Waals surface area contributed by atoms with Gasteiger partial charge in [-0.1, -0.05) is 12.1 Å². The summed E-state index contributed by atoms with van der Waals surface area (Å²) in [6, 6.07) is 13.7. The Hall–Kier alpha value is -2.18. The number of aromatic nitrogens is 1. The number of benzene rings is 1. The topological polar surface area (TPSA) is 46.6 Å². The number of thiocarbonyl (C=S) groups is 1. The van der Waals surface area contributed by atoms with E-state index >= 15 is 0 Å². The molecule has 1 N–H and O–H groups in total. The molecule has 1 saturated heterocycles. The van der Waals surface area contributed by atoms with Gasteiger partial charge in [0, 0.05) is 31.1 Å². The van der Waals surface area contributed by atoms with Crippen LogP contribution in [0.25, 0.3) is 0 Å². The minimum atomic E-state index is 0.216. The predicted molar refractivity (Wildman–Crippen MR) is 103 cm³/mol. The summed E-state index contributed by atoms with van der Waals surface area (Å²) in [6.07, 6.45) is 4.20. The summed E-state index contributed by atoms with van der Waals surface area (Å²) in [7, 11) is 1.66. The Balaban J connectivity index is 1.70. The summed E-state index contributed by atoms with van der Waals surface area (Å²) < 4.78 is 11.1. The van der Waals surface area contributed by atoms with Crippen LogP contribution in [0.15, 0.2) is 48.7 Å². The lowest BCUT2D eigenvalue weighted by Crippen LogP contribution is -2.39. The van der Waals surface area contributed by atoms with Gasteiger partial charge in [0.2, 0.25) is 0 Å². The molecule has 1 aromatic carbocycles. The summed E-state index contributed by atoms with van der Waals surface area (Å²) >= 11 is 5.66. The molecule has 1 aliphatic rings. The van der Waals surface area contributed by atoms with E-state index < -0.39 is 0 Å². The molecule has 6 heteroatoms. The number of methoxy groups -OCH3 is 1. The molecule has 0 amide bonds. The van der Waals surface area contributed by atoms with E-state index in [-0.39, 0.29) is 6.10 Å². The quantitative estimate of drug-likeness (QED) is 0.799. The first-order valence-corrected chi connectivity index (χ1v) is 8.87. The van der Waals surface area contributed by atoms with Crippen molar-refractivity contribution in [2.24, 2.45) is 0 Å². The maximum atomic E-state index is 5.79. The van der Waals surface area contributed by atoms with E-state index in [4.69, 9.17) is 21.7 Å². The van der Waals surface area contributed by atoms with E-state index in [9.17, 15) is 0 Å². The molecule has 5 nitrogen and oxygen atoms in total. The van der Waals surface area contributed by atoms with Crippen LogP contribution in [0, 0.1) is 0 Å². The Kier molecular flexibility index (Phi) is 6.19. The van der Waals surface area contributed by atoms with Crippen molar-refractivity contribution < 1.29 is 9.47 Å². The first-order chi connectivity index (χ1) is 12.2. The largest absolute Gasteiger partial charge is 0.497 e. The van der Waals surface area contributed by atoms with Gasteiger partial charge >= 0.3 is 0 Å². The molecule has 0 bridgehead atoms. The molecule has 2 aromatic rings. The lowest BCUT2D eigenvalue weighted by atomic mass is 10.2. The highest BCUT2D eigenvalue weighted by Crippen LogP contribution is 2.19. The highest BCUT2D eigenvalue weighted by atomic mass is 32.1. The molecule has 1 unspecified atom stereocenters. The molecule has 2 heterocycles. The van der Waals surface area contributed by atoms with Gasteiger partial charge in [0.25, 0.3) is 0 Å². The molecule has 0 aliphatic carbocycles. The second kappa shape index (κ2) is 8.78. The average molecular weight is 357 g/mol. The SMILES string of the molecule is COc1cccc(NC(=S)N(Cc2ccccn2)CC2CCCO2)c1. The third-order valence-corrected chi connectivity index (χ3v) is 4.50. The van der Waals surface area contributed by atoms with Gasteiger partial charge in [0.05, 0.1) is 25.5 Å². The Morgan fingerprint density at radius 2 is 2.28 bits per heavy atom. The number of rotatable bonds is 6. The summed E-state index contributed by atoms with van der Waals surface area (Å²) in [5.74, 6) is 0.795. The zero-order chi connectivity index (χ0) is 17.5. The zero-order valence-electron chi connectivity index (χ0n) is 14.4. The number of nitrogens with one attached hydrogen (secondary N) is 1. The van der Waals surface area contributed by atoms with Crippen molar-refractivity contribution in [2.75, 3.05) is 25.6 Å². The van der Waals surface area contributed by atoms with Crippen molar-refractivity contribution in [3.63, 3.8) is 0 Å². The predicted octanol–water partition coefficient (Wildman–Crippen LogP) is 3.47. The molecule has 3 rings (SSSR count). The molecule has 132 valence electrons. The molecule has 0 saturated carbocycles. The summed E-state index contributed by atoms with van der Waals surface area (Å²) in [5, 5.41) is 3.97. The highest BCUT2D eigenvalue weighted by molar-refractivity contribution is 7.80. The number of hydrogen-bond acceptors (Lipinski definition) is 4. The Labute approximate surface area is 154 Å². The van der Waals surface area contributed by atoms with E-state index in [1.807, 2.05) is 42.5 Å². The molecular formula is C19H23N3O2S. The highest BCUT2D eigenvalue weighted by Gasteiger charge is 2.21. The van der Waals surface area contributed by atoms with Crippen LogP contribution in [0.2, 0.25) is 0 Å². The average Bonchev–Trinajstić information content (AvgIpc) is 3.15. The van der Waals surface area contributed by atoms with Crippen LogP contribution in [0.4, 0.5) is 5.69 Å². The van der Waals surface area contributed by atoms with Crippen LogP contribution in [0.3, 0.4) is 0 Å². The molecule has 1 atom stereocenters. The first-order valence-electron chi connectivity index (χ1n) is 8.46. The summed E-state index contributed by atoms with van der Waals surface area (Å²) in [6.45, 7) is 2.24. The summed E-state index contributed by atoms with van der Waals surface area (Å²) in [5.41, 5.74) is 1.89. The Bertz CT molecular complexity index is 690. The summed E-state index contributed by atoms with van der Waals surface area (Å²) in [4.78, 5) is 6.54. The molecule has 25 heavy (non-hydrogen) atoms. The van der Waals surface area contributed by atoms with Gasteiger partial charge in [0.1, 0.15) is 5.75 Å². The van der Waals surface area contributed by atoms with Crippen LogP contribution in [-0.2, 0) is 11.3 Å². The van der Waals surface area contributed by atoms with E-state index in [1.54, 1.807) is 13.3 Å². The van der Waals surface area contributed by atoms with Crippen LogP contribution in [0.5, 0.6) is 5.75 Å². The van der Waals surface area contributed by atoms with Crippen LogP contribution in [0.1, 0.15) is 18.5 Å². The molecule has 0 radical (unpaired) electrons. The lowest BCUT2D eigenvalue weighted by molar-refractivity contribution is 0.0903. The fraction of sp³-hybridized carbons (Fsp3) is 0.368. The molecule has 1 aliphatic heterocycles. The smallest absolute Gasteiger partial charge is 0.173 e. The van der Waals surface area contributed by atoms with E-state index in [0.717, 1.165) is 43.1 Å². The van der Waals surface area contributed by atoms with Crippen LogP contribution < -0.4 is 10.1 Å². The molecule has 1 aromatic heterocycles. The van der Waals surface area contributed by atoms with Crippen LogP contribution >= 0.6 is 12.2 Å². The fourth-order valence-corrected chi connectivity index (χ4v) is 3.10. The van der Waals surface area contributed by atoms with Crippen molar-refractivity contribution >= 4 is 23.0 Å². The fourth-order valence-electron chi connectivity index (χ4n) is 2.84. The number of pyridine rings is 1. The number of ether oxygens (including phenoxy) is 2. The van der Waals surface area contributed by atoms with E-state index in [2.05, 4.69) is 15.2 Å². The van der Waals surface area contributed by atoms with Crippen LogP contribution in [-0.4, -0.2) is 41.4 Å². The van der Waals surface area contributed by atoms with Crippen molar-refractivity contribution in [1.82, 2.24) is 9.88 Å².